The number of rotatable bonds is 7. The zero-order valence-corrected chi connectivity index (χ0v) is 22.0. The SMILES string of the molecule is COc1ccc2c(c1)sc(=NC(=O)C1CCCN(S(=O)(=O)c3ccc(C)cc3)C1)n2CCSC. The third-order valence-corrected chi connectivity index (χ3v) is 9.52. The van der Waals surface area contributed by atoms with Crippen molar-refractivity contribution < 1.29 is 17.9 Å². The highest BCUT2D eigenvalue weighted by molar-refractivity contribution is 7.98. The van der Waals surface area contributed by atoms with Crippen molar-refractivity contribution in [2.24, 2.45) is 10.9 Å². The van der Waals surface area contributed by atoms with Crippen LogP contribution in [0.1, 0.15) is 18.4 Å². The van der Waals surface area contributed by atoms with Gasteiger partial charge >= 0.3 is 0 Å². The van der Waals surface area contributed by atoms with Gasteiger partial charge in [-0.1, -0.05) is 29.0 Å². The lowest BCUT2D eigenvalue weighted by Crippen LogP contribution is -2.42. The van der Waals surface area contributed by atoms with Crippen molar-refractivity contribution in [2.75, 3.05) is 32.2 Å². The summed E-state index contributed by atoms with van der Waals surface area (Å²) in [6.07, 6.45) is 3.31. The molecule has 3 aromatic rings. The van der Waals surface area contributed by atoms with Gasteiger partial charge in [-0.3, -0.25) is 4.79 Å². The first-order chi connectivity index (χ1) is 16.3. The van der Waals surface area contributed by atoms with Gasteiger partial charge in [-0.25, -0.2) is 8.42 Å². The van der Waals surface area contributed by atoms with Crippen LogP contribution < -0.4 is 9.54 Å². The van der Waals surface area contributed by atoms with Crippen molar-refractivity contribution in [1.82, 2.24) is 8.87 Å². The molecule has 0 bridgehead atoms. The normalized spacial score (nSPS) is 17.9. The molecular formula is C24H29N3O4S3. The first-order valence-corrected chi connectivity index (χ1v) is 14.8. The summed E-state index contributed by atoms with van der Waals surface area (Å²) in [4.78, 5) is 18.6. The van der Waals surface area contributed by atoms with Crippen LogP contribution in [0.4, 0.5) is 0 Å². The van der Waals surface area contributed by atoms with E-state index in [2.05, 4.69) is 9.56 Å². The van der Waals surface area contributed by atoms with Gasteiger partial charge in [-0.2, -0.15) is 21.1 Å². The molecule has 4 rings (SSSR count). The number of carbonyl (C=O) groups excluding carboxylic acids is 1. The molecule has 7 nitrogen and oxygen atoms in total. The minimum atomic E-state index is -3.65. The lowest BCUT2D eigenvalue weighted by molar-refractivity contribution is -0.122. The number of benzene rings is 2. The van der Waals surface area contributed by atoms with Crippen molar-refractivity contribution in [2.45, 2.75) is 31.2 Å². The molecule has 34 heavy (non-hydrogen) atoms. The molecule has 1 atom stereocenters. The molecule has 0 saturated carbocycles. The summed E-state index contributed by atoms with van der Waals surface area (Å²) in [5.74, 6) is 0.932. The highest BCUT2D eigenvalue weighted by Crippen LogP contribution is 2.26. The van der Waals surface area contributed by atoms with E-state index in [1.54, 1.807) is 43.1 Å². The Kier molecular flexibility index (Phi) is 7.81. The van der Waals surface area contributed by atoms with Crippen LogP contribution in [-0.2, 0) is 21.4 Å². The van der Waals surface area contributed by atoms with Crippen molar-refractivity contribution in [3.63, 3.8) is 0 Å². The molecule has 1 aromatic heterocycles. The van der Waals surface area contributed by atoms with E-state index in [1.165, 1.54) is 15.6 Å². The van der Waals surface area contributed by atoms with Gasteiger partial charge in [0.1, 0.15) is 5.75 Å². The number of hydrogen-bond acceptors (Lipinski definition) is 6. The second kappa shape index (κ2) is 10.6. The Morgan fingerprint density at radius 3 is 2.71 bits per heavy atom. The van der Waals surface area contributed by atoms with E-state index in [-0.39, 0.29) is 17.3 Å². The summed E-state index contributed by atoms with van der Waals surface area (Å²) in [5.41, 5.74) is 2.01. The Balaban J connectivity index is 1.62. The third kappa shape index (κ3) is 5.25. The first kappa shape index (κ1) is 25.0. The minimum absolute atomic E-state index is 0.155. The van der Waals surface area contributed by atoms with Gasteiger partial charge in [0.2, 0.25) is 10.0 Å². The van der Waals surface area contributed by atoms with Crippen LogP contribution >= 0.6 is 23.1 Å². The molecule has 0 radical (unpaired) electrons. The largest absolute Gasteiger partial charge is 0.497 e. The van der Waals surface area contributed by atoms with Gasteiger partial charge < -0.3 is 9.30 Å². The summed E-state index contributed by atoms with van der Waals surface area (Å²) in [7, 11) is -2.02. The fraction of sp³-hybridized carbons (Fsp3) is 0.417. The van der Waals surface area contributed by atoms with Crippen LogP contribution in [0.3, 0.4) is 0 Å². The minimum Gasteiger partial charge on any atom is -0.497 e. The summed E-state index contributed by atoms with van der Waals surface area (Å²) >= 11 is 3.19. The molecule has 1 aliphatic rings. The van der Waals surface area contributed by atoms with E-state index >= 15 is 0 Å². The third-order valence-electron chi connectivity index (χ3n) is 6.01. The monoisotopic (exact) mass is 519 g/mol. The van der Waals surface area contributed by atoms with Gasteiger partial charge in [-0.05, 0) is 56.4 Å². The number of sulfonamides is 1. The predicted molar refractivity (Wildman–Crippen MR) is 138 cm³/mol. The Labute approximate surface area is 208 Å². The number of methoxy groups -OCH3 is 1. The molecule has 1 saturated heterocycles. The highest BCUT2D eigenvalue weighted by atomic mass is 32.2. The Bertz CT molecular complexity index is 1340. The lowest BCUT2D eigenvalue weighted by atomic mass is 9.99. The van der Waals surface area contributed by atoms with E-state index < -0.39 is 15.9 Å². The van der Waals surface area contributed by atoms with E-state index in [0.29, 0.717) is 24.2 Å². The molecule has 182 valence electrons. The maximum absolute atomic E-state index is 13.2. The number of fused-ring (bicyclic) bond motifs is 1. The number of carbonyl (C=O) groups is 1. The zero-order valence-electron chi connectivity index (χ0n) is 19.6. The Morgan fingerprint density at radius 1 is 1.24 bits per heavy atom. The van der Waals surface area contributed by atoms with Crippen LogP contribution in [-0.4, -0.2) is 55.4 Å². The standard InChI is InChI=1S/C24H29N3O4S3/c1-17-6-9-20(10-7-17)34(29,30)26-12-4-5-18(16-26)23(28)25-24-27(13-14-32-3)21-11-8-19(31-2)15-22(21)33-24/h6-11,15,18H,4-5,12-14,16H2,1-3H3. The molecule has 0 spiro atoms. The maximum atomic E-state index is 13.2. The number of amides is 1. The maximum Gasteiger partial charge on any atom is 0.252 e. The quantitative estimate of drug-likeness (QED) is 0.473. The molecular weight excluding hydrogens is 490 g/mol. The Morgan fingerprint density at radius 2 is 2.00 bits per heavy atom. The number of thioether (sulfide) groups is 1. The van der Waals surface area contributed by atoms with Gasteiger partial charge in [0.25, 0.3) is 5.91 Å². The van der Waals surface area contributed by atoms with Crippen LogP contribution in [0.15, 0.2) is 52.4 Å². The fourth-order valence-electron chi connectivity index (χ4n) is 4.07. The number of piperidine rings is 1. The zero-order chi connectivity index (χ0) is 24.3. The molecule has 1 amide bonds. The van der Waals surface area contributed by atoms with E-state index in [1.807, 2.05) is 31.4 Å². The van der Waals surface area contributed by atoms with E-state index in [4.69, 9.17) is 4.74 Å². The number of nitrogens with zero attached hydrogens (tertiary/aromatic N) is 3. The molecule has 1 unspecified atom stereocenters. The molecule has 0 N–H and O–H groups in total. The van der Waals surface area contributed by atoms with Crippen LogP contribution in [0.5, 0.6) is 5.75 Å². The number of thiazole rings is 1. The predicted octanol–water partition coefficient (Wildman–Crippen LogP) is 3.91. The van der Waals surface area contributed by atoms with Gasteiger partial charge in [0, 0.05) is 25.4 Å². The smallest absolute Gasteiger partial charge is 0.252 e. The first-order valence-electron chi connectivity index (χ1n) is 11.1. The summed E-state index contributed by atoms with van der Waals surface area (Å²) in [6, 6.07) is 12.7. The summed E-state index contributed by atoms with van der Waals surface area (Å²) in [5, 5.41) is 0. The molecule has 10 heteroatoms. The molecule has 2 aromatic carbocycles. The fourth-order valence-corrected chi connectivity index (χ4v) is 7.05. The molecule has 0 aliphatic carbocycles. The number of aromatic nitrogens is 1. The number of hydrogen-bond donors (Lipinski definition) is 0. The second-order valence-corrected chi connectivity index (χ2v) is 12.3. The van der Waals surface area contributed by atoms with Crippen molar-refractivity contribution >= 4 is 49.2 Å². The van der Waals surface area contributed by atoms with Gasteiger partial charge in [0.15, 0.2) is 4.80 Å². The molecule has 1 aliphatic heterocycles. The molecule has 1 fully saturated rings. The van der Waals surface area contributed by atoms with Crippen LogP contribution in [0.25, 0.3) is 10.2 Å². The lowest BCUT2D eigenvalue weighted by Gasteiger charge is -2.30. The van der Waals surface area contributed by atoms with Crippen LogP contribution in [0.2, 0.25) is 0 Å². The Hall–Kier alpha value is -2.14. The van der Waals surface area contributed by atoms with E-state index in [0.717, 1.165) is 33.8 Å². The van der Waals surface area contributed by atoms with Crippen molar-refractivity contribution in [1.29, 1.82) is 0 Å². The second-order valence-electron chi connectivity index (χ2n) is 8.33. The average Bonchev–Trinajstić information content (AvgIpc) is 3.18. The summed E-state index contributed by atoms with van der Waals surface area (Å²) < 4.78 is 36.1. The van der Waals surface area contributed by atoms with E-state index in [9.17, 15) is 13.2 Å². The van der Waals surface area contributed by atoms with Crippen LogP contribution in [0, 0.1) is 12.8 Å². The van der Waals surface area contributed by atoms with Crippen molar-refractivity contribution in [3.05, 3.63) is 52.8 Å². The average molecular weight is 520 g/mol. The van der Waals surface area contributed by atoms with Crippen molar-refractivity contribution in [3.8, 4) is 5.75 Å². The highest BCUT2D eigenvalue weighted by Gasteiger charge is 2.33. The topological polar surface area (TPSA) is 81.0 Å². The van der Waals surface area contributed by atoms with Gasteiger partial charge in [-0.15, -0.1) is 0 Å². The number of aryl methyl sites for hydroxylation is 2. The van der Waals surface area contributed by atoms with Gasteiger partial charge in [0.05, 0.1) is 28.1 Å². The molecule has 2 heterocycles. The summed E-state index contributed by atoms with van der Waals surface area (Å²) in [6.45, 7) is 3.22. The number of ether oxygens (including phenoxy) is 1.